The third kappa shape index (κ3) is 13.8. The van der Waals surface area contributed by atoms with Crippen LogP contribution >= 0.6 is 0 Å². The van der Waals surface area contributed by atoms with Gasteiger partial charge in [-0.15, -0.1) is 0 Å². The van der Waals surface area contributed by atoms with Crippen LogP contribution in [0.3, 0.4) is 0 Å². The summed E-state index contributed by atoms with van der Waals surface area (Å²) in [6.07, 6.45) is -0.453. The van der Waals surface area contributed by atoms with Crippen LogP contribution in [0.15, 0.2) is 24.3 Å². The molecule has 0 bridgehead atoms. The lowest BCUT2D eigenvalue weighted by atomic mass is 10.0. The lowest BCUT2D eigenvalue weighted by molar-refractivity contribution is -0.144. The molecule has 0 heterocycles. The number of anilines is 1. The van der Waals surface area contributed by atoms with Crippen molar-refractivity contribution in [3.63, 3.8) is 0 Å². The molecule has 2 atom stereocenters. The standard InChI is InChI=1S/C33H40F5N5O9/c1-4-22(45)51-16-18-7-9-19(10-8-18)41-31(47)20(6-5-13-40-33(39)49)42-32(48)29(17(2)3)43-21(44)11-14-50-15-12-23(46)52-30-27(37)25(35)24(34)26(36)28(30)38/h7-10,17,20,29H,4-6,11-16H2,1-3H3,(H,41,47)(H,42,48)(H,43,44)(H3,39,40,49)/t20-,29-/m0/s1. The van der Waals surface area contributed by atoms with Crippen LogP contribution in [0.25, 0.3) is 0 Å². The first kappa shape index (κ1) is 42.8. The molecule has 0 aliphatic rings. The van der Waals surface area contributed by atoms with Gasteiger partial charge in [0.1, 0.15) is 18.7 Å². The van der Waals surface area contributed by atoms with E-state index in [1.54, 1.807) is 45.0 Å². The SMILES string of the molecule is CCC(=O)OCc1ccc(NC(=O)[C@H](CCCNC(N)=O)NC(=O)[C@@H](NC(=O)CCOCCC(=O)Oc2c(F)c(F)c(F)c(F)c2F)C(C)C)cc1. The van der Waals surface area contributed by atoms with E-state index in [0.29, 0.717) is 11.3 Å². The fourth-order valence-electron chi connectivity index (χ4n) is 4.27. The van der Waals surface area contributed by atoms with Crippen molar-refractivity contribution in [3.8, 4) is 5.75 Å². The first-order valence-electron chi connectivity index (χ1n) is 16.0. The van der Waals surface area contributed by atoms with Crippen LogP contribution in [0.5, 0.6) is 5.75 Å². The van der Waals surface area contributed by atoms with E-state index in [9.17, 15) is 50.7 Å². The van der Waals surface area contributed by atoms with Crippen LogP contribution in [0.2, 0.25) is 0 Å². The molecule has 2 aromatic carbocycles. The van der Waals surface area contributed by atoms with Gasteiger partial charge in [-0.3, -0.25) is 24.0 Å². The minimum Gasteiger partial charge on any atom is -0.461 e. The van der Waals surface area contributed by atoms with Crippen LogP contribution in [-0.4, -0.2) is 67.5 Å². The van der Waals surface area contributed by atoms with Crippen molar-refractivity contribution in [3.05, 3.63) is 58.9 Å². The van der Waals surface area contributed by atoms with E-state index in [1.807, 2.05) is 0 Å². The molecule has 0 aliphatic carbocycles. The fourth-order valence-corrected chi connectivity index (χ4v) is 4.27. The van der Waals surface area contributed by atoms with E-state index in [0.717, 1.165) is 0 Å². The number of ether oxygens (including phenoxy) is 3. The number of primary amides is 1. The summed E-state index contributed by atoms with van der Waals surface area (Å²) in [5, 5.41) is 10.2. The Hall–Kier alpha value is -5.33. The normalized spacial score (nSPS) is 12.0. The van der Waals surface area contributed by atoms with Crippen molar-refractivity contribution in [2.75, 3.05) is 25.1 Å². The molecule has 52 heavy (non-hydrogen) atoms. The van der Waals surface area contributed by atoms with Gasteiger partial charge in [0.2, 0.25) is 52.6 Å². The Balaban J connectivity index is 1.93. The number of hydrogen-bond acceptors (Lipinski definition) is 9. The van der Waals surface area contributed by atoms with E-state index < -0.39 is 95.6 Å². The number of carbonyl (C=O) groups excluding carboxylic acids is 6. The summed E-state index contributed by atoms with van der Waals surface area (Å²) in [5.74, 6) is -17.6. The Morgan fingerprint density at radius 3 is 1.96 bits per heavy atom. The maximum absolute atomic E-state index is 13.7. The molecule has 6 N–H and O–H groups in total. The smallest absolute Gasteiger partial charge is 0.313 e. The molecule has 0 saturated heterocycles. The molecule has 0 aliphatic heterocycles. The maximum Gasteiger partial charge on any atom is 0.313 e. The van der Waals surface area contributed by atoms with Crippen LogP contribution in [-0.2, 0) is 40.1 Å². The van der Waals surface area contributed by atoms with E-state index in [4.69, 9.17) is 15.2 Å². The molecule has 0 unspecified atom stereocenters. The number of esters is 2. The molecular weight excluding hydrogens is 705 g/mol. The fraction of sp³-hybridized carbons (Fsp3) is 0.455. The molecule has 0 radical (unpaired) electrons. The monoisotopic (exact) mass is 745 g/mol. The first-order valence-corrected chi connectivity index (χ1v) is 16.0. The van der Waals surface area contributed by atoms with Gasteiger partial charge < -0.3 is 41.2 Å². The molecule has 0 spiro atoms. The summed E-state index contributed by atoms with van der Waals surface area (Å²) in [7, 11) is 0. The zero-order valence-electron chi connectivity index (χ0n) is 28.5. The van der Waals surface area contributed by atoms with Crippen molar-refractivity contribution in [2.24, 2.45) is 11.7 Å². The molecule has 2 aromatic rings. The number of rotatable bonds is 20. The highest BCUT2D eigenvalue weighted by atomic mass is 19.2. The molecule has 2 rings (SSSR count). The van der Waals surface area contributed by atoms with Crippen LogP contribution in [0.4, 0.5) is 32.4 Å². The number of benzene rings is 2. The van der Waals surface area contributed by atoms with Crippen molar-refractivity contribution < 1.29 is 64.9 Å². The summed E-state index contributed by atoms with van der Waals surface area (Å²) in [6, 6.07) is 3.44. The van der Waals surface area contributed by atoms with Gasteiger partial charge >= 0.3 is 18.0 Å². The topological polar surface area (TPSA) is 204 Å². The summed E-state index contributed by atoms with van der Waals surface area (Å²) in [5.41, 5.74) is 6.15. The number of hydrogen-bond donors (Lipinski definition) is 5. The highest BCUT2D eigenvalue weighted by Crippen LogP contribution is 2.29. The second-order valence-corrected chi connectivity index (χ2v) is 11.5. The van der Waals surface area contributed by atoms with Gasteiger partial charge in [-0.1, -0.05) is 32.9 Å². The van der Waals surface area contributed by atoms with Gasteiger partial charge in [0, 0.05) is 25.1 Å². The second-order valence-electron chi connectivity index (χ2n) is 11.5. The zero-order chi connectivity index (χ0) is 39.0. The number of urea groups is 1. The summed E-state index contributed by atoms with van der Waals surface area (Å²) in [4.78, 5) is 73.5. The maximum atomic E-state index is 13.7. The summed E-state index contributed by atoms with van der Waals surface area (Å²) in [6.45, 7) is 4.35. The van der Waals surface area contributed by atoms with E-state index in [-0.39, 0.29) is 51.4 Å². The molecule has 0 aromatic heterocycles. The molecule has 0 saturated carbocycles. The lowest BCUT2D eigenvalue weighted by Gasteiger charge is -2.25. The van der Waals surface area contributed by atoms with Crippen LogP contribution < -0.4 is 31.7 Å². The largest absolute Gasteiger partial charge is 0.461 e. The van der Waals surface area contributed by atoms with Gasteiger partial charge in [0.15, 0.2) is 0 Å². The summed E-state index contributed by atoms with van der Waals surface area (Å²) < 4.78 is 81.7. The third-order valence-corrected chi connectivity index (χ3v) is 7.09. The Morgan fingerprint density at radius 2 is 1.38 bits per heavy atom. The molecule has 14 nitrogen and oxygen atoms in total. The van der Waals surface area contributed by atoms with Crippen molar-refractivity contribution in [1.82, 2.24) is 16.0 Å². The van der Waals surface area contributed by atoms with Crippen molar-refractivity contribution >= 4 is 41.4 Å². The van der Waals surface area contributed by atoms with Gasteiger partial charge in [-0.25, -0.2) is 18.0 Å². The molecule has 0 fully saturated rings. The Morgan fingerprint density at radius 1 is 0.788 bits per heavy atom. The molecule has 286 valence electrons. The van der Waals surface area contributed by atoms with Gasteiger partial charge in [-0.05, 0) is 36.5 Å². The van der Waals surface area contributed by atoms with Crippen molar-refractivity contribution in [1.29, 1.82) is 0 Å². The van der Waals surface area contributed by atoms with Gasteiger partial charge in [0.05, 0.1) is 19.6 Å². The lowest BCUT2D eigenvalue weighted by Crippen LogP contribution is -2.54. The minimum atomic E-state index is -2.42. The zero-order valence-corrected chi connectivity index (χ0v) is 28.5. The number of halogens is 5. The third-order valence-electron chi connectivity index (χ3n) is 7.09. The summed E-state index contributed by atoms with van der Waals surface area (Å²) >= 11 is 0. The Labute approximate surface area is 295 Å². The number of amides is 5. The number of carbonyl (C=O) groups is 6. The van der Waals surface area contributed by atoms with E-state index >= 15 is 0 Å². The van der Waals surface area contributed by atoms with Gasteiger partial charge in [-0.2, -0.15) is 8.78 Å². The number of nitrogens with two attached hydrogens (primary N) is 1. The Bertz CT molecular complexity index is 1570. The predicted octanol–water partition coefficient (Wildman–Crippen LogP) is 3.25. The highest BCUT2D eigenvalue weighted by molar-refractivity contribution is 5.98. The van der Waals surface area contributed by atoms with Crippen LogP contribution in [0.1, 0.15) is 58.4 Å². The molecule has 19 heteroatoms. The highest BCUT2D eigenvalue weighted by Gasteiger charge is 2.30. The van der Waals surface area contributed by atoms with Gasteiger partial charge in [0.25, 0.3) is 0 Å². The second kappa shape index (κ2) is 21.1. The first-order chi connectivity index (χ1) is 24.5. The minimum absolute atomic E-state index is 0.0471. The Kier molecular flexibility index (Phi) is 17.4. The van der Waals surface area contributed by atoms with E-state index in [1.165, 1.54) is 0 Å². The number of nitrogens with one attached hydrogen (secondary N) is 4. The average Bonchev–Trinajstić information content (AvgIpc) is 3.10. The predicted molar refractivity (Wildman–Crippen MR) is 173 cm³/mol. The van der Waals surface area contributed by atoms with Crippen LogP contribution in [0, 0.1) is 35.0 Å². The van der Waals surface area contributed by atoms with E-state index in [2.05, 4.69) is 26.0 Å². The van der Waals surface area contributed by atoms with Crippen molar-refractivity contribution in [2.45, 2.75) is 71.6 Å². The quantitative estimate of drug-likeness (QED) is 0.0337. The average molecular weight is 746 g/mol. The molecular formula is C33H40F5N5O9. The molecule has 5 amide bonds.